The lowest BCUT2D eigenvalue weighted by atomic mass is 10.2. The van der Waals surface area contributed by atoms with Crippen LogP contribution in [-0.4, -0.2) is 23.2 Å². The van der Waals surface area contributed by atoms with E-state index >= 15 is 0 Å². The molecule has 0 amide bonds. The van der Waals surface area contributed by atoms with Crippen molar-refractivity contribution in [1.29, 1.82) is 5.26 Å². The molecule has 1 fully saturated rings. The second kappa shape index (κ2) is 6.24. The average Bonchev–Trinajstić information content (AvgIpc) is 2.64. The van der Waals surface area contributed by atoms with Crippen LogP contribution in [0.1, 0.15) is 44.4 Å². The molecule has 0 aromatic carbocycles. The van der Waals surface area contributed by atoms with Gasteiger partial charge in [0, 0.05) is 25.9 Å². The van der Waals surface area contributed by atoms with Gasteiger partial charge in [-0.05, 0) is 24.4 Å². The summed E-state index contributed by atoms with van der Waals surface area (Å²) < 4.78 is 5.19. The molecular weight excluding hydrogens is 216 g/mol. The molecule has 5 nitrogen and oxygen atoms in total. The Morgan fingerprint density at radius 2 is 2.00 bits per heavy atom. The number of aromatic nitrogens is 2. The van der Waals surface area contributed by atoms with Crippen LogP contribution < -0.4 is 4.90 Å². The summed E-state index contributed by atoms with van der Waals surface area (Å²) in [5, 5.41) is 12.5. The summed E-state index contributed by atoms with van der Waals surface area (Å²) in [6, 6.07) is 2.12. The van der Waals surface area contributed by atoms with E-state index in [9.17, 15) is 0 Å². The highest BCUT2D eigenvalue weighted by Crippen LogP contribution is 2.16. The average molecular weight is 234 g/mol. The molecule has 0 N–H and O–H groups in total. The molecule has 0 unspecified atom stereocenters. The standard InChI is InChI=1S/C12H18N4O/c13-8-4-3-7-11-14-12(15-17-11)16-9-5-1-2-6-10-16/h1-7,9-10H2. The van der Waals surface area contributed by atoms with Crippen molar-refractivity contribution in [3.63, 3.8) is 0 Å². The highest BCUT2D eigenvalue weighted by Gasteiger charge is 2.15. The van der Waals surface area contributed by atoms with Crippen molar-refractivity contribution in [3.8, 4) is 6.07 Å². The number of hydrogen-bond acceptors (Lipinski definition) is 5. The Labute approximate surface area is 101 Å². The second-order valence-electron chi connectivity index (χ2n) is 4.40. The lowest BCUT2D eigenvalue weighted by Gasteiger charge is -2.16. The fourth-order valence-electron chi connectivity index (χ4n) is 2.07. The summed E-state index contributed by atoms with van der Waals surface area (Å²) in [5.74, 6) is 1.37. The number of nitrogens with zero attached hydrogens (tertiary/aromatic N) is 4. The zero-order valence-corrected chi connectivity index (χ0v) is 10.1. The molecule has 17 heavy (non-hydrogen) atoms. The van der Waals surface area contributed by atoms with Gasteiger partial charge in [-0.1, -0.05) is 12.8 Å². The molecule has 1 aromatic heterocycles. The zero-order chi connectivity index (χ0) is 11.9. The molecule has 0 saturated carbocycles. The number of aryl methyl sites for hydroxylation is 1. The van der Waals surface area contributed by atoms with Crippen LogP contribution in [0.2, 0.25) is 0 Å². The van der Waals surface area contributed by atoms with Crippen molar-refractivity contribution in [2.24, 2.45) is 0 Å². The number of unbranched alkanes of at least 4 members (excludes halogenated alkanes) is 1. The van der Waals surface area contributed by atoms with Crippen LogP contribution in [0.25, 0.3) is 0 Å². The topological polar surface area (TPSA) is 66.0 Å². The van der Waals surface area contributed by atoms with E-state index in [-0.39, 0.29) is 0 Å². The molecule has 1 aliphatic rings. The molecule has 0 aliphatic carbocycles. The van der Waals surface area contributed by atoms with Gasteiger partial charge in [-0.2, -0.15) is 10.2 Å². The fourth-order valence-corrected chi connectivity index (χ4v) is 2.07. The number of hydrogen-bond donors (Lipinski definition) is 0. The third-order valence-electron chi connectivity index (χ3n) is 3.03. The molecule has 0 spiro atoms. The predicted molar refractivity (Wildman–Crippen MR) is 63.5 cm³/mol. The molecule has 92 valence electrons. The summed E-state index contributed by atoms with van der Waals surface area (Å²) in [4.78, 5) is 6.58. The Morgan fingerprint density at radius 1 is 1.24 bits per heavy atom. The van der Waals surface area contributed by atoms with Crippen LogP contribution in [0.5, 0.6) is 0 Å². The summed E-state index contributed by atoms with van der Waals surface area (Å²) in [6.45, 7) is 2.05. The minimum absolute atomic E-state index is 0.543. The SMILES string of the molecule is N#CCCCc1nc(N2CCCCCC2)no1. The van der Waals surface area contributed by atoms with E-state index in [2.05, 4.69) is 21.1 Å². The van der Waals surface area contributed by atoms with E-state index in [1.807, 2.05) is 0 Å². The van der Waals surface area contributed by atoms with Crippen molar-refractivity contribution < 1.29 is 4.52 Å². The van der Waals surface area contributed by atoms with Gasteiger partial charge in [-0.15, -0.1) is 0 Å². The minimum Gasteiger partial charge on any atom is -0.338 e. The Hall–Kier alpha value is -1.57. The Morgan fingerprint density at radius 3 is 2.71 bits per heavy atom. The summed E-state index contributed by atoms with van der Waals surface area (Å²) in [5.41, 5.74) is 0. The van der Waals surface area contributed by atoms with Gasteiger partial charge in [0.1, 0.15) is 0 Å². The van der Waals surface area contributed by atoms with Crippen LogP contribution in [0.15, 0.2) is 4.52 Å². The molecule has 1 aliphatic heterocycles. The van der Waals surface area contributed by atoms with Gasteiger partial charge in [0.05, 0.1) is 6.07 Å². The molecule has 0 atom stereocenters. The molecule has 5 heteroatoms. The first kappa shape index (κ1) is 11.9. The van der Waals surface area contributed by atoms with Gasteiger partial charge >= 0.3 is 0 Å². The maximum absolute atomic E-state index is 8.46. The van der Waals surface area contributed by atoms with Crippen molar-refractivity contribution in [1.82, 2.24) is 10.1 Å². The van der Waals surface area contributed by atoms with Gasteiger partial charge in [-0.25, -0.2) is 0 Å². The third-order valence-corrected chi connectivity index (χ3v) is 3.03. The van der Waals surface area contributed by atoms with Crippen molar-refractivity contribution in [2.75, 3.05) is 18.0 Å². The third kappa shape index (κ3) is 3.45. The molecular formula is C12H18N4O. The molecule has 2 heterocycles. The largest absolute Gasteiger partial charge is 0.338 e. The predicted octanol–water partition coefficient (Wildman–Crippen LogP) is 2.30. The van der Waals surface area contributed by atoms with Crippen LogP contribution in [0, 0.1) is 11.3 Å². The molecule has 1 aromatic rings. The second-order valence-corrected chi connectivity index (χ2v) is 4.40. The van der Waals surface area contributed by atoms with Crippen LogP contribution in [0.3, 0.4) is 0 Å². The molecule has 0 bridgehead atoms. The van der Waals surface area contributed by atoms with E-state index in [1.54, 1.807) is 0 Å². The Bertz CT molecular complexity index is 374. The van der Waals surface area contributed by atoms with E-state index in [0.29, 0.717) is 18.7 Å². The summed E-state index contributed by atoms with van der Waals surface area (Å²) in [7, 11) is 0. The molecule has 2 rings (SSSR count). The fraction of sp³-hybridized carbons (Fsp3) is 0.750. The smallest absolute Gasteiger partial charge is 0.266 e. The maximum Gasteiger partial charge on any atom is 0.266 e. The van der Waals surface area contributed by atoms with Gasteiger partial charge in [-0.3, -0.25) is 0 Å². The van der Waals surface area contributed by atoms with Crippen molar-refractivity contribution in [2.45, 2.75) is 44.9 Å². The zero-order valence-electron chi connectivity index (χ0n) is 10.1. The van der Waals surface area contributed by atoms with Crippen LogP contribution in [-0.2, 0) is 6.42 Å². The van der Waals surface area contributed by atoms with E-state index in [4.69, 9.17) is 9.78 Å². The monoisotopic (exact) mass is 234 g/mol. The number of anilines is 1. The van der Waals surface area contributed by atoms with Crippen LogP contribution >= 0.6 is 0 Å². The highest BCUT2D eigenvalue weighted by atomic mass is 16.5. The molecule has 0 radical (unpaired) electrons. The molecule has 1 saturated heterocycles. The van der Waals surface area contributed by atoms with E-state index in [1.165, 1.54) is 25.7 Å². The lowest BCUT2D eigenvalue weighted by Crippen LogP contribution is -2.24. The summed E-state index contributed by atoms with van der Waals surface area (Å²) in [6.07, 6.45) is 7.04. The normalized spacial score (nSPS) is 16.5. The Balaban J connectivity index is 1.90. The van der Waals surface area contributed by atoms with E-state index < -0.39 is 0 Å². The quantitative estimate of drug-likeness (QED) is 0.748. The van der Waals surface area contributed by atoms with Gasteiger partial charge in [0.25, 0.3) is 5.95 Å². The van der Waals surface area contributed by atoms with E-state index in [0.717, 1.165) is 25.5 Å². The first-order valence-electron chi connectivity index (χ1n) is 6.34. The first-order valence-corrected chi connectivity index (χ1v) is 6.34. The highest BCUT2D eigenvalue weighted by molar-refractivity contribution is 5.27. The number of rotatable bonds is 4. The lowest BCUT2D eigenvalue weighted by molar-refractivity contribution is 0.375. The van der Waals surface area contributed by atoms with Crippen molar-refractivity contribution in [3.05, 3.63) is 5.89 Å². The maximum atomic E-state index is 8.46. The summed E-state index contributed by atoms with van der Waals surface area (Å²) >= 11 is 0. The first-order chi connectivity index (χ1) is 8.40. The van der Waals surface area contributed by atoms with Crippen molar-refractivity contribution >= 4 is 5.95 Å². The number of nitriles is 1. The Kier molecular flexibility index (Phi) is 4.37. The van der Waals surface area contributed by atoms with Crippen LogP contribution in [0.4, 0.5) is 5.95 Å². The van der Waals surface area contributed by atoms with Gasteiger partial charge in [0.15, 0.2) is 0 Å². The minimum atomic E-state index is 0.543. The van der Waals surface area contributed by atoms with Gasteiger partial charge < -0.3 is 9.42 Å². The van der Waals surface area contributed by atoms with Gasteiger partial charge in [0.2, 0.25) is 5.89 Å².